The fourth-order valence-electron chi connectivity index (χ4n) is 1.77. The molecule has 0 radical (unpaired) electrons. The Hall–Kier alpha value is -0.990. The van der Waals surface area contributed by atoms with Gasteiger partial charge < -0.3 is 5.32 Å². The van der Waals surface area contributed by atoms with Gasteiger partial charge in [0.05, 0.1) is 5.75 Å². The number of likely N-dealkylation sites (tertiary alicyclic amines) is 1. The molecule has 1 aliphatic rings. The predicted molar refractivity (Wildman–Crippen MR) is 64.5 cm³/mol. The molecule has 0 aromatic heterocycles. The van der Waals surface area contributed by atoms with Crippen LogP contribution >= 0.6 is 0 Å². The smallest absolute Gasteiger partial charge is 0.264 e. The van der Waals surface area contributed by atoms with Crippen molar-refractivity contribution >= 4 is 21.9 Å². The summed E-state index contributed by atoms with van der Waals surface area (Å²) in [6.07, 6.45) is 0.827. The lowest BCUT2D eigenvalue weighted by Gasteiger charge is -2.20. The molecule has 7 nitrogen and oxygen atoms in total. The first-order valence-corrected chi connectivity index (χ1v) is 7.42. The number of nitrogens with one attached hydrogen (secondary N) is 1. The van der Waals surface area contributed by atoms with E-state index in [0.29, 0.717) is 13.1 Å². The van der Waals surface area contributed by atoms with Crippen LogP contribution in [0.15, 0.2) is 0 Å². The molecule has 1 rings (SSSR count). The molecular formula is C10H18N2O5S. The molecule has 1 saturated heterocycles. The van der Waals surface area contributed by atoms with Crippen LogP contribution in [0.25, 0.3) is 0 Å². The third-order valence-electron chi connectivity index (χ3n) is 2.68. The van der Waals surface area contributed by atoms with Crippen LogP contribution in [-0.2, 0) is 19.7 Å². The molecular weight excluding hydrogens is 260 g/mol. The van der Waals surface area contributed by atoms with Gasteiger partial charge in [-0.15, -0.1) is 0 Å². The van der Waals surface area contributed by atoms with Crippen molar-refractivity contribution in [2.75, 3.05) is 18.8 Å². The quantitative estimate of drug-likeness (QED) is 0.366. The molecule has 0 saturated carbocycles. The van der Waals surface area contributed by atoms with E-state index >= 15 is 0 Å². The molecule has 1 atom stereocenters. The summed E-state index contributed by atoms with van der Waals surface area (Å²) in [5.74, 6) is -0.618. The average Bonchev–Trinajstić information content (AvgIpc) is 2.55. The SMILES string of the molecule is CC(CN1C(=O)CCC1=O)NCCCS(=O)(=O)O. The van der Waals surface area contributed by atoms with Crippen LogP contribution in [0.3, 0.4) is 0 Å². The molecule has 0 bridgehead atoms. The molecule has 0 aromatic carbocycles. The van der Waals surface area contributed by atoms with Crippen LogP contribution in [0, 0.1) is 0 Å². The molecule has 1 heterocycles. The summed E-state index contributed by atoms with van der Waals surface area (Å²) in [5.41, 5.74) is 0. The van der Waals surface area contributed by atoms with Crippen LogP contribution in [0.4, 0.5) is 0 Å². The van der Waals surface area contributed by atoms with E-state index in [1.165, 1.54) is 4.90 Å². The van der Waals surface area contributed by atoms with Crippen LogP contribution < -0.4 is 5.32 Å². The zero-order chi connectivity index (χ0) is 13.8. The fraction of sp³-hybridized carbons (Fsp3) is 0.800. The van der Waals surface area contributed by atoms with E-state index in [2.05, 4.69) is 5.32 Å². The molecule has 0 spiro atoms. The highest BCUT2D eigenvalue weighted by Gasteiger charge is 2.29. The molecule has 0 aliphatic carbocycles. The Labute approximate surface area is 106 Å². The maximum atomic E-state index is 11.3. The van der Waals surface area contributed by atoms with Crippen LogP contribution in [0.2, 0.25) is 0 Å². The van der Waals surface area contributed by atoms with E-state index in [9.17, 15) is 18.0 Å². The van der Waals surface area contributed by atoms with E-state index in [4.69, 9.17) is 4.55 Å². The van der Waals surface area contributed by atoms with Gasteiger partial charge in [-0.3, -0.25) is 19.0 Å². The number of carbonyl (C=O) groups excluding carboxylic acids is 2. The van der Waals surface area contributed by atoms with Crippen molar-refractivity contribution in [1.82, 2.24) is 10.2 Å². The van der Waals surface area contributed by atoms with Crippen molar-refractivity contribution in [3.8, 4) is 0 Å². The molecule has 1 aliphatic heterocycles. The maximum Gasteiger partial charge on any atom is 0.264 e. The van der Waals surface area contributed by atoms with Gasteiger partial charge in [-0.2, -0.15) is 8.42 Å². The lowest BCUT2D eigenvalue weighted by molar-refractivity contribution is -0.138. The summed E-state index contributed by atoms with van der Waals surface area (Å²) in [5, 5.41) is 3.00. The lowest BCUT2D eigenvalue weighted by Crippen LogP contribution is -2.42. The Bertz CT molecular complexity index is 404. The van der Waals surface area contributed by atoms with Crippen LogP contribution in [0.5, 0.6) is 0 Å². The second-order valence-corrected chi connectivity index (χ2v) is 5.96. The lowest BCUT2D eigenvalue weighted by atomic mass is 10.3. The zero-order valence-electron chi connectivity index (χ0n) is 10.3. The van der Waals surface area contributed by atoms with Crippen LogP contribution in [-0.4, -0.2) is 54.6 Å². The molecule has 104 valence electrons. The summed E-state index contributed by atoms with van der Waals surface area (Å²) in [7, 11) is -3.92. The predicted octanol–water partition coefficient (Wildman–Crippen LogP) is -0.609. The first-order chi connectivity index (χ1) is 8.29. The highest BCUT2D eigenvalue weighted by molar-refractivity contribution is 7.85. The van der Waals surface area contributed by atoms with Crippen molar-refractivity contribution in [2.24, 2.45) is 0 Å². The highest BCUT2D eigenvalue weighted by Crippen LogP contribution is 2.11. The minimum absolute atomic E-state index is 0.0996. The third-order valence-corrected chi connectivity index (χ3v) is 3.49. The van der Waals surface area contributed by atoms with Gasteiger partial charge in [0.2, 0.25) is 11.8 Å². The molecule has 2 N–H and O–H groups in total. The van der Waals surface area contributed by atoms with Crippen molar-refractivity contribution in [3.05, 3.63) is 0 Å². The number of nitrogens with zero attached hydrogens (tertiary/aromatic N) is 1. The summed E-state index contributed by atoms with van der Waals surface area (Å²) in [6.45, 7) is 2.51. The van der Waals surface area contributed by atoms with E-state index in [0.717, 1.165) is 0 Å². The molecule has 0 aromatic rings. The molecule has 2 amide bonds. The Morgan fingerprint density at radius 2 is 1.89 bits per heavy atom. The number of imide groups is 1. The second kappa shape index (κ2) is 6.26. The first kappa shape index (κ1) is 15.1. The Kier molecular flexibility index (Phi) is 5.24. The number of hydrogen-bond acceptors (Lipinski definition) is 5. The van der Waals surface area contributed by atoms with Crippen molar-refractivity contribution < 1.29 is 22.6 Å². The monoisotopic (exact) mass is 278 g/mol. The normalized spacial score (nSPS) is 18.4. The minimum atomic E-state index is -3.92. The number of hydrogen-bond donors (Lipinski definition) is 2. The maximum absolute atomic E-state index is 11.3. The van der Waals surface area contributed by atoms with E-state index in [1.54, 1.807) is 0 Å². The van der Waals surface area contributed by atoms with Gasteiger partial charge in [-0.25, -0.2) is 0 Å². The zero-order valence-corrected chi connectivity index (χ0v) is 11.1. The van der Waals surface area contributed by atoms with Gasteiger partial charge in [0.15, 0.2) is 0 Å². The van der Waals surface area contributed by atoms with E-state index in [1.807, 2.05) is 6.92 Å². The molecule has 8 heteroatoms. The topological polar surface area (TPSA) is 104 Å². The summed E-state index contributed by atoms with van der Waals surface area (Å²) >= 11 is 0. The standard InChI is InChI=1S/C10H18N2O5S/c1-8(11-5-2-6-18(15,16)17)7-12-9(13)3-4-10(12)14/h8,11H,2-7H2,1H3,(H,15,16,17). The number of rotatable bonds is 7. The summed E-state index contributed by atoms with van der Waals surface area (Å²) < 4.78 is 29.5. The van der Waals surface area contributed by atoms with Gasteiger partial charge >= 0.3 is 0 Å². The largest absolute Gasteiger partial charge is 0.312 e. The van der Waals surface area contributed by atoms with Crippen LogP contribution in [0.1, 0.15) is 26.2 Å². The Morgan fingerprint density at radius 1 is 1.33 bits per heavy atom. The first-order valence-electron chi connectivity index (χ1n) is 5.81. The highest BCUT2D eigenvalue weighted by atomic mass is 32.2. The average molecular weight is 278 g/mol. The van der Waals surface area contributed by atoms with Gasteiger partial charge in [-0.05, 0) is 19.9 Å². The van der Waals surface area contributed by atoms with Gasteiger partial charge in [0.1, 0.15) is 0 Å². The Balaban J connectivity index is 2.23. The Morgan fingerprint density at radius 3 is 2.39 bits per heavy atom. The summed E-state index contributed by atoms with van der Waals surface area (Å²) in [6, 6.07) is -0.0996. The summed E-state index contributed by atoms with van der Waals surface area (Å²) in [4.78, 5) is 23.9. The third kappa shape index (κ3) is 5.11. The molecule has 1 unspecified atom stereocenters. The van der Waals surface area contributed by atoms with E-state index < -0.39 is 10.1 Å². The number of carbonyl (C=O) groups is 2. The minimum Gasteiger partial charge on any atom is -0.312 e. The van der Waals surface area contributed by atoms with Gasteiger partial charge in [0.25, 0.3) is 10.1 Å². The van der Waals surface area contributed by atoms with Crippen molar-refractivity contribution in [3.63, 3.8) is 0 Å². The van der Waals surface area contributed by atoms with Gasteiger partial charge in [0, 0.05) is 25.4 Å². The number of amides is 2. The van der Waals surface area contributed by atoms with Crippen molar-refractivity contribution in [2.45, 2.75) is 32.2 Å². The molecule has 18 heavy (non-hydrogen) atoms. The molecule has 1 fully saturated rings. The van der Waals surface area contributed by atoms with Gasteiger partial charge in [-0.1, -0.05) is 0 Å². The van der Waals surface area contributed by atoms with E-state index in [-0.39, 0.29) is 42.9 Å². The second-order valence-electron chi connectivity index (χ2n) is 4.39. The fourth-order valence-corrected chi connectivity index (χ4v) is 2.28. The van der Waals surface area contributed by atoms with Crippen molar-refractivity contribution in [1.29, 1.82) is 0 Å².